The fourth-order valence-electron chi connectivity index (χ4n) is 2.86. The lowest BCUT2D eigenvalue weighted by Gasteiger charge is -2.14. The average molecular weight is 400 g/mol. The van der Waals surface area contributed by atoms with Gasteiger partial charge in [0, 0.05) is 17.7 Å². The maximum Gasteiger partial charge on any atom is 0.326 e. The van der Waals surface area contributed by atoms with Crippen molar-refractivity contribution in [3.63, 3.8) is 0 Å². The summed E-state index contributed by atoms with van der Waals surface area (Å²) in [5.41, 5.74) is 0.104. The maximum absolute atomic E-state index is 12.4. The molecule has 1 aliphatic rings. The predicted octanol–water partition coefficient (Wildman–Crippen LogP) is 1.95. The smallest absolute Gasteiger partial charge is 0.326 e. The Balaban J connectivity index is 1.69. The van der Waals surface area contributed by atoms with Crippen molar-refractivity contribution >= 4 is 23.5 Å². The number of carbonyl (C=O) groups excluding carboxylic acids is 3. The first-order chi connectivity index (χ1) is 13.8. The van der Waals surface area contributed by atoms with Crippen LogP contribution in [0.4, 0.5) is 5.69 Å². The summed E-state index contributed by atoms with van der Waals surface area (Å²) in [6.45, 7) is -0.778. The minimum atomic E-state index is -0.820. The van der Waals surface area contributed by atoms with E-state index in [1.54, 1.807) is 18.2 Å². The van der Waals surface area contributed by atoms with Crippen LogP contribution in [0.25, 0.3) is 0 Å². The third-order valence-corrected chi connectivity index (χ3v) is 4.33. The molecule has 1 aliphatic heterocycles. The quantitative estimate of drug-likeness (QED) is 0.299. The second-order valence-electron chi connectivity index (χ2n) is 6.02. The third-order valence-electron chi connectivity index (χ3n) is 4.33. The normalized spacial score (nSPS) is 12.6. The third kappa shape index (κ3) is 3.86. The van der Waals surface area contributed by atoms with Gasteiger partial charge in [-0.25, -0.2) is 0 Å². The molecule has 0 radical (unpaired) electrons. The number of benzene rings is 2. The van der Waals surface area contributed by atoms with Crippen molar-refractivity contribution in [2.24, 2.45) is 0 Å². The molecule has 2 aromatic rings. The number of esters is 1. The summed E-state index contributed by atoms with van der Waals surface area (Å²) in [7, 11) is 2.95. The van der Waals surface area contributed by atoms with Crippen LogP contribution < -0.4 is 9.47 Å². The molecule has 2 aromatic carbocycles. The Kier molecular flexibility index (Phi) is 5.44. The van der Waals surface area contributed by atoms with E-state index >= 15 is 0 Å². The van der Waals surface area contributed by atoms with Crippen LogP contribution in [0, 0.1) is 10.1 Å². The molecule has 0 saturated heterocycles. The Bertz CT molecular complexity index is 1020. The number of rotatable bonds is 7. The van der Waals surface area contributed by atoms with Crippen molar-refractivity contribution in [1.82, 2.24) is 4.90 Å². The van der Waals surface area contributed by atoms with Crippen LogP contribution in [-0.4, -0.2) is 48.4 Å². The number of hydrogen-bond acceptors (Lipinski definition) is 8. The Morgan fingerprint density at radius 2 is 1.76 bits per heavy atom. The van der Waals surface area contributed by atoms with Gasteiger partial charge >= 0.3 is 5.97 Å². The van der Waals surface area contributed by atoms with Crippen molar-refractivity contribution in [3.8, 4) is 11.5 Å². The molecule has 0 bridgehead atoms. The first-order valence-corrected chi connectivity index (χ1v) is 8.37. The number of hydrogen-bond donors (Lipinski definition) is 0. The zero-order valence-corrected chi connectivity index (χ0v) is 15.5. The molecule has 10 nitrogen and oxygen atoms in total. The Morgan fingerprint density at radius 3 is 2.41 bits per heavy atom. The van der Waals surface area contributed by atoms with E-state index in [0.717, 1.165) is 12.1 Å². The summed E-state index contributed by atoms with van der Waals surface area (Å²) in [5, 5.41) is 10.9. The monoisotopic (exact) mass is 400 g/mol. The van der Waals surface area contributed by atoms with E-state index in [4.69, 9.17) is 14.2 Å². The Morgan fingerprint density at radius 1 is 1.03 bits per heavy atom. The molecule has 1 heterocycles. The van der Waals surface area contributed by atoms with E-state index < -0.39 is 29.3 Å². The van der Waals surface area contributed by atoms with Crippen LogP contribution in [0.1, 0.15) is 26.3 Å². The zero-order valence-electron chi connectivity index (χ0n) is 15.5. The second-order valence-corrected chi connectivity index (χ2v) is 6.02. The Hall–Kier alpha value is -3.95. The Labute approximate surface area is 164 Å². The highest BCUT2D eigenvalue weighted by Crippen LogP contribution is 2.27. The van der Waals surface area contributed by atoms with Crippen LogP contribution in [0.2, 0.25) is 0 Å². The molecule has 2 amide bonds. The van der Waals surface area contributed by atoms with E-state index in [1.807, 2.05) is 0 Å². The lowest BCUT2D eigenvalue weighted by molar-refractivity contribution is -0.384. The number of amides is 2. The van der Waals surface area contributed by atoms with Gasteiger partial charge in [0.2, 0.25) is 0 Å². The van der Waals surface area contributed by atoms with Crippen LogP contribution in [0.3, 0.4) is 0 Å². The molecule has 0 atom stereocenters. The van der Waals surface area contributed by atoms with E-state index in [9.17, 15) is 24.5 Å². The number of carbonyl (C=O) groups is 3. The van der Waals surface area contributed by atoms with Gasteiger partial charge in [-0.2, -0.15) is 0 Å². The fraction of sp³-hybridized carbons (Fsp3) is 0.211. The van der Waals surface area contributed by atoms with Crippen LogP contribution in [0.15, 0.2) is 36.4 Å². The zero-order chi connectivity index (χ0) is 21.1. The van der Waals surface area contributed by atoms with Crippen molar-refractivity contribution in [2.45, 2.75) is 6.61 Å². The fourth-order valence-corrected chi connectivity index (χ4v) is 2.86. The molecule has 3 rings (SSSR count). The number of ether oxygens (including phenoxy) is 3. The average Bonchev–Trinajstić information content (AvgIpc) is 2.96. The number of nitrogens with zero attached hydrogens (tertiary/aromatic N) is 2. The predicted molar refractivity (Wildman–Crippen MR) is 97.8 cm³/mol. The highest BCUT2D eigenvalue weighted by molar-refractivity contribution is 6.22. The highest BCUT2D eigenvalue weighted by Gasteiger charge is 2.38. The first kappa shape index (κ1) is 19.8. The molecule has 0 N–H and O–H groups in total. The van der Waals surface area contributed by atoms with E-state index in [2.05, 4.69) is 0 Å². The molecule has 150 valence electrons. The number of nitro groups is 1. The summed E-state index contributed by atoms with van der Waals surface area (Å²) in [4.78, 5) is 47.9. The number of imide groups is 1. The summed E-state index contributed by atoms with van der Waals surface area (Å²) < 4.78 is 15.5. The largest absolute Gasteiger partial charge is 0.497 e. The molecule has 0 saturated carbocycles. The standard InChI is InChI=1S/C19H16N2O8/c1-27-13-4-6-16(28-2)11(7-13)10-29-17(22)9-20-18(23)14-5-3-12(21(25)26)8-15(14)19(20)24/h3-8H,9-10H2,1-2H3. The van der Waals surface area contributed by atoms with E-state index in [1.165, 1.54) is 20.3 Å². The summed E-state index contributed by atoms with van der Waals surface area (Å²) in [6, 6.07) is 8.30. The first-order valence-electron chi connectivity index (χ1n) is 8.37. The van der Waals surface area contributed by atoms with Gasteiger partial charge in [0.15, 0.2) is 0 Å². The van der Waals surface area contributed by atoms with Gasteiger partial charge in [0.1, 0.15) is 24.7 Å². The molecular weight excluding hydrogens is 384 g/mol. The van der Waals surface area contributed by atoms with Gasteiger partial charge < -0.3 is 14.2 Å². The van der Waals surface area contributed by atoms with Crippen LogP contribution in [0.5, 0.6) is 11.5 Å². The van der Waals surface area contributed by atoms with E-state index in [-0.39, 0.29) is 23.4 Å². The van der Waals surface area contributed by atoms with Crippen molar-refractivity contribution in [1.29, 1.82) is 0 Å². The van der Waals surface area contributed by atoms with Crippen LogP contribution >= 0.6 is 0 Å². The van der Waals surface area contributed by atoms with Gasteiger partial charge in [-0.15, -0.1) is 0 Å². The molecule has 29 heavy (non-hydrogen) atoms. The van der Waals surface area contributed by atoms with Gasteiger partial charge in [0.25, 0.3) is 17.5 Å². The van der Waals surface area contributed by atoms with Crippen LogP contribution in [-0.2, 0) is 16.1 Å². The van der Waals surface area contributed by atoms with Gasteiger partial charge in [-0.3, -0.25) is 29.4 Å². The second kappa shape index (κ2) is 7.97. The maximum atomic E-state index is 12.4. The topological polar surface area (TPSA) is 125 Å². The van der Waals surface area contributed by atoms with Crippen molar-refractivity contribution in [2.75, 3.05) is 20.8 Å². The van der Waals surface area contributed by atoms with E-state index in [0.29, 0.717) is 22.0 Å². The molecule has 10 heteroatoms. The van der Waals surface area contributed by atoms with Crippen molar-refractivity contribution < 1.29 is 33.5 Å². The lowest BCUT2D eigenvalue weighted by Crippen LogP contribution is -2.35. The molecule has 0 spiro atoms. The number of nitro benzene ring substituents is 1. The molecule has 0 fully saturated rings. The summed E-state index contributed by atoms with van der Waals surface area (Å²) >= 11 is 0. The van der Waals surface area contributed by atoms with Gasteiger partial charge in [0.05, 0.1) is 30.3 Å². The number of methoxy groups -OCH3 is 2. The van der Waals surface area contributed by atoms with Crippen molar-refractivity contribution in [3.05, 3.63) is 63.2 Å². The molecular formula is C19H16N2O8. The highest BCUT2D eigenvalue weighted by atomic mass is 16.6. The minimum absolute atomic E-state index is 0.00265. The molecule has 0 aromatic heterocycles. The number of non-ortho nitro benzene ring substituents is 1. The summed E-state index contributed by atoms with van der Waals surface area (Å²) in [6.07, 6.45) is 0. The van der Waals surface area contributed by atoms with Gasteiger partial charge in [-0.1, -0.05) is 0 Å². The SMILES string of the molecule is COc1ccc(OC)c(COC(=O)CN2C(=O)c3ccc([N+](=O)[O-])cc3C2=O)c1. The molecule has 0 aliphatic carbocycles. The minimum Gasteiger partial charge on any atom is -0.497 e. The van der Waals surface area contributed by atoms with Gasteiger partial charge in [-0.05, 0) is 24.3 Å². The molecule has 0 unspecified atom stereocenters. The lowest BCUT2D eigenvalue weighted by atomic mass is 10.1. The summed E-state index contributed by atoms with van der Waals surface area (Å²) in [5.74, 6) is -1.30. The number of fused-ring (bicyclic) bond motifs is 1.